The standard InChI is InChI=1S/C25H24O3/c1-2-28-25(27)24-22(26)16-21-19(15-17-9-5-3-6-10-17)13-14-20(21)23(24)18-11-7-4-8-12-18/h3-12,15-16,20,23,26H,2,13-14H2,1H3. The van der Waals surface area contributed by atoms with Crippen LogP contribution in [0.1, 0.15) is 36.8 Å². The number of aliphatic hydroxyl groups is 1. The molecule has 2 aliphatic rings. The van der Waals surface area contributed by atoms with E-state index in [2.05, 4.69) is 18.2 Å². The zero-order chi connectivity index (χ0) is 19.5. The fourth-order valence-corrected chi connectivity index (χ4v) is 4.39. The zero-order valence-corrected chi connectivity index (χ0v) is 16.0. The molecule has 28 heavy (non-hydrogen) atoms. The van der Waals surface area contributed by atoms with E-state index in [0.717, 1.165) is 29.5 Å². The van der Waals surface area contributed by atoms with E-state index in [1.54, 1.807) is 13.0 Å². The van der Waals surface area contributed by atoms with Gasteiger partial charge in [0.05, 0.1) is 12.2 Å². The molecule has 2 atom stereocenters. The Morgan fingerprint density at radius 2 is 1.79 bits per heavy atom. The summed E-state index contributed by atoms with van der Waals surface area (Å²) in [6.07, 6.45) is 5.84. The van der Waals surface area contributed by atoms with E-state index in [-0.39, 0.29) is 24.2 Å². The van der Waals surface area contributed by atoms with Crippen molar-refractivity contribution in [1.82, 2.24) is 0 Å². The van der Waals surface area contributed by atoms with E-state index >= 15 is 0 Å². The van der Waals surface area contributed by atoms with Gasteiger partial charge in [0.2, 0.25) is 0 Å². The van der Waals surface area contributed by atoms with Crippen molar-refractivity contribution in [3.8, 4) is 0 Å². The molecule has 3 heteroatoms. The number of esters is 1. The highest BCUT2D eigenvalue weighted by Crippen LogP contribution is 2.51. The third-order valence-corrected chi connectivity index (χ3v) is 5.57. The molecule has 2 aromatic rings. The van der Waals surface area contributed by atoms with Crippen molar-refractivity contribution >= 4 is 12.0 Å². The molecule has 142 valence electrons. The summed E-state index contributed by atoms with van der Waals surface area (Å²) in [6.45, 7) is 2.07. The van der Waals surface area contributed by atoms with E-state index in [0.29, 0.717) is 5.57 Å². The van der Waals surface area contributed by atoms with Gasteiger partial charge in [-0.15, -0.1) is 0 Å². The summed E-state index contributed by atoms with van der Waals surface area (Å²) < 4.78 is 5.27. The third kappa shape index (κ3) is 3.40. The van der Waals surface area contributed by atoms with Gasteiger partial charge in [0.25, 0.3) is 0 Å². The van der Waals surface area contributed by atoms with Crippen LogP contribution in [-0.4, -0.2) is 17.7 Å². The summed E-state index contributed by atoms with van der Waals surface area (Å²) in [5.74, 6) is -0.432. The lowest BCUT2D eigenvalue weighted by Crippen LogP contribution is -2.25. The van der Waals surface area contributed by atoms with Crippen molar-refractivity contribution in [2.45, 2.75) is 25.7 Å². The summed E-state index contributed by atoms with van der Waals surface area (Å²) in [4.78, 5) is 12.7. The van der Waals surface area contributed by atoms with Gasteiger partial charge in [-0.2, -0.15) is 0 Å². The predicted octanol–water partition coefficient (Wildman–Crippen LogP) is 5.58. The molecule has 2 unspecified atom stereocenters. The monoisotopic (exact) mass is 372 g/mol. The number of fused-ring (bicyclic) bond motifs is 1. The Morgan fingerprint density at radius 3 is 2.46 bits per heavy atom. The number of benzene rings is 2. The van der Waals surface area contributed by atoms with E-state index < -0.39 is 5.97 Å². The maximum atomic E-state index is 12.7. The van der Waals surface area contributed by atoms with Crippen molar-refractivity contribution in [2.75, 3.05) is 6.61 Å². The third-order valence-electron chi connectivity index (χ3n) is 5.57. The van der Waals surface area contributed by atoms with Crippen LogP contribution in [0.5, 0.6) is 0 Å². The summed E-state index contributed by atoms with van der Waals surface area (Å²) in [7, 11) is 0. The number of hydrogen-bond donors (Lipinski definition) is 1. The fourth-order valence-electron chi connectivity index (χ4n) is 4.39. The van der Waals surface area contributed by atoms with Crippen LogP contribution in [0.2, 0.25) is 0 Å². The average Bonchev–Trinajstić information content (AvgIpc) is 3.10. The molecular formula is C25H24O3. The molecule has 1 fully saturated rings. The second-order valence-electron chi connectivity index (χ2n) is 7.23. The Bertz CT molecular complexity index is 952. The summed E-state index contributed by atoms with van der Waals surface area (Å²) >= 11 is 0. The molecule has 2 aliphatic carbocycles. The van der Waals surface area contributed by atoms with Gasteiger partial charge >= 0.3 is 5.97 Å². The number of allylic oxidation sites excluding steroid dienone is 3. The molecule has 0 bridgehead atoms. The molecule has 0 radical (unpaired) electrons. The largest absolute Gasteiger partial charge is 0.507 e. The van der Waals surface area contributed by atoms with Crippen molar-refractivity contribution in [1.29, 1.82) is 0 Å². The smallest absolute Gasteiger partial charge is 0.338 e. The number of rotatable bonds is 4. The van der Waals surface area contributed by atoms with Gasteiger partial charge in [0.1, 0.15) is 5.76 Å². The molecule has 0 heterocycles. The van der Waals surface area contributed by atoms with Crippen LogP contribution in [0.25, 0.3) is 6.08 Å². The second-order valence-corrected chi connectivity index (χ2v) is 7.23. The molecule has 3 nitrogen and oxygen atoms in total. The lowest BCUT2D eigenvalue weighted by atomic mass is 9.73. The maximum Gasteiger partial charge on any atom is 0.338 e. The van der Waals surface area contributed by atoms with Crippen LogP contribution in [0, 0.1) is 5.92 Å². The Kier molecular flexibility index (Phi) is 5.16. The lowest BCUT2D eigenvalue weighted by molar-refractivity contribution is -0.139. The van der Waals surface area contributed by atoms with Crippen LogP contribution in [0.15, 0.2) is 89.2 Å². The van der Waals surface area contributed by atoms with Crippen molar-refractivity contribution in [2.24, 2.45) is 5.92 Å². The number of aliphatic hydroxyl groups excluding tert-OH is 1. The molecule has 0 amide bonds. The lowest BCUT2D eigenvalue weighted by Gasteiger charge is -2.30. The Labute approximate surface area is 165 Å². The van der Waals surface area contributed by atoms with Crippen LogP contribution in [-0.2, 0) is 9.53 Å². The molecule has 4 rings (SSSR count). The van der Waals surface area contributed by atoms with Gasteiger partial charge in [0, 0.05) is 5.92 Å². The SMILES string of the molecule is CCOC(=O)C1=C(O)C=C2C(=Cc3ccccc3)CCC2C1c1ccccc1. The predicted molar refractivity (Wildman–Crippen MR) is 111 cm³/mol. The highest BCUT2D eigenvalue weighted by molar-refractivity contribution is 5.92. The first-order valence-electron chi connectivity index (χ1n) is 9.81. The molecule has 1 saturated carbocycles. The molecule has 1 N–H and O–H groups in total. The van der Waals surface area contributed by atoms with Gasteiger partial charge in [0.15, 0.2) is 0 Å². The van der Waals surface area contributed by atoms with E-state index in [1.165, 1.54) is 5.57 Å². The summed E-state index contributed by atoms with van der Waals surface area (Å²) in [5.41, 5.74) is 4.92. The van der Waals surface area contributed by atoms with Crippen molar-refractivity contribution < 1.29 is 14.6 Å². The van der Waals surface area contributed by atoms with Crippen LogP contribution < -0.4 is 0 Å². The topological polar surface area (TPSA) is 46.5 Å². The van der Waals surface area contributed by atoms with Gasteiger partial charge in [-0.3, -0.25) is 0 Å². The maximum absolute atomic E-state index is 12.7. The van der Waals surface area contributed by atoms with E-state index in [1.807, 2.05) is 48.5 Å². The normalized spacial score (nSPS) is 22.8. The number of ether oxygens (including phenoxy) is 1. The number of hydrogen-bond acceptors (Lipinski definition) is 3. The number of carbonyl (C=O) groups excluding carboxylic acids is 1. The van der Waals surface area contributed by atoms with Gasteiger partial charge in [-0.1, -0.05) is 66.7 Å². The zero-order valence-electron chi connectivity index (χ0n) is 16.0. The Hall–Kier alpha value is -3.07. The summed E-state index contributed by atoms with van der Waals surface area (Å²) in [6, 6.07) is 20.2. The highest BCUT2D eigenvalue weighted by Gasteiger charge is 2.42. The quantitative estimate of drug-likeness (QED) is 0.713. The molecule has 0 aliphatic heterocycles. The molecule has 0 aromatic heterocycles. The molecule has 2 aromatic carbocycles. The van der Waals surface area contributed by atoms with Crippen molar-refractivity contribution in [3.63, 3.8) is 0 Å². The average molecular weight is 372 g/mol. The van der Waals surface area contributed by atoms with Crippen LogP contribution in [0.4, 0.5) is 0 Å². The number of carbonyl (C=O) groups is 1. The first kappa shape index (κ1) is 18.3. The molecule has 0 spiro atoms. The first-order chi connectivity index (χ1) is 13.7. The fraction of sp³-hybridized carbons (Fsp3) is 0.240. The summed E-state index contributed by atoms with van der Waals surface area (Å²) in [5, 5.41) is 10.8. The Balaban J connectivity index is 1.80. The molecular weight excluding hydrogens is 348 g/mol. The highest BCUT2D eigenvalue weighted by atomic mass is 16.5. The van der Waals surface area contributed by atoms with Gasteiger partial charge in [-0.05, 0) is 54.0 Å². The van der Waals surface area contributed by atoms with E-state index in [4.69, 9.17) is 4.74 Å². The Morgan fingerprint density at radius 1 is 1.11 bits per heavy atom. The van der Waals surface area contributed by atoms with Crippen LogP contribution in [0.3, 0.4) is 0 Å². The van der Waals surface area contributed by atoms with Gasteiger partial charge in [-0.25, -0.2) is 4.79 Å². The molecule has 0 saturated heterocycles. The first-order valence-corrected chi connectivity index (χ1v) is 9.81. The van der Waals surface area contributed by atoms with E-state index in [9.17, 15) is 9.90 Å². The van der Waals surface area contributed by atoms with Crippen LogP contribution >= 0.6 is 0 Å². The minimum Gasteiger partial charge on any atom is -0.507 e. The van der Waals surface area contributed by atoms with Crippen molar-refractivity contribution in [3.05, 3.63) is 100 Å². The minimum absolute atomic E-state index is 0.0272. The van der Waals surface area contributed by atoms with Gasteiger partial charge < -0.3 is 9.84 Å². The second kappa shape index (κ2) is 7.89. The minimum atomic E-state index is -0.426.